The fraction of sp³-hybridized carbons (Fsp3) is 0.500. The average Bonchev–Trinajstić information content (AvgIpc) is 2.85. The fourth-order valence-corrected chi connectivity index (χ4v) is 5.02. The summed E-state index contributed by atoms with van der Waals surface area (Å²) < 4.78 is 31.8. The molecule has 1 N–H and O–H groups in total. The maximum absolute atomic E-state index is 13.5. The van der Waals surface area contributed by atoms with Gasteiger partial charge in [-0.25, -0.2) is 8.42 Å². The van der Waals surface area contributed by atoms with E-state index in [0.29, 0.717) is 43.3 Å². The Morgan fingerprint density at radius 1 is 1.05 bits per heavy atom. The highest BCUT2D eigenvalue weighted by atomic mass is 32.2. The quantitative estimate of drug-likeness (QED) is 0.396. The van der Waals surface area contributed by atoms with E-state index in [1.165, 1.54) is 11.4 Å². The Bertz CT molecular complexity index is 1130. The molecule has 8 nitrogen and oxygen atoms in total. The highest BCUT2D eigenvalue weighted by molar-refractivity contribution is 7.92. The first-order chi connectivity index (χ1) is 17.5. The summed E-state index contributed by atoms with van der Waals surface area (Å²) in [5.74, 6) is 0.358. The molecule has 1 atom stereocenters. The van der Waals surface area contributed by atoms with Crippen molar-refractivity contribution in [1.82, 2.24) is 10.2 Å². The molecule has 2 rings (SSSR count). The Balaban J connectivity index is 2.23. The number of carbonyl (C=O) groups excluding carboxylic acids is 2. The van der Waals surface area contributed by atoms with Gasteiger partial charge in [0.05, 0.1) is 19.1 Å². The van der Waals surface area contributed by atoms with Gasteiger partial charge in [0, 0.05) is 26.1 Å². The summed E-state index contributed by atoms with van der Waals surface area (Å²) in [6, 6.07) is 14.2. The molecule has 0 heterocycles. The number of rotatable bonds is 14. The molecule has 2 aromatic carbocycles. The molecule has 0 bridgehead atoms. The molecule has 37 heavy (non-hydrogen) atoms. The monoisotopic (exact) mass is 531 g/mol. The zero-order valence-electron chi connectivity index (χ0n) is 22.9. The van der Waals surface area contributed by atoms with Gasteiger partial charge in [0.2, 0.25) is 21.8 Å². The van der Waals surface area contributed by atoms with Crippen LogP contribution >= 0.6 is 0 Å². The van der Waals surface area contributed by atoms with E-state index < -0.39 is 16.1 Å². The molecule has 0 aromatic heterocycles. The third-order valence-corrected chi connectivity index (χ3v) is 7.23. The van der Waals surface area contributed by atoms with Crippen molar-refractivity contribution >= 4 is 27.5 Å². The molecule has 0 unspecified atom stereocenters. The number of ether oxygens (including phenoxy) is 1. The fourth-order valence-electron chi connectivity index (χ4n) is 4.05. The Morgan fingerprint density at radius 3 is 2.27 bits per heavy atom. The lowest BCUT2D eigenvalue weighted by Crippen LogP contribution is -2.49. The maximum Gasteiger partial charge on any atom is 0.242 e. The van der Waals surface area contributed by atoms with Crippen LogP contribution in [0.5, 0.6) is 5.75 Å². The second-order valence-corrected chi connectivity index (χ2v) is 11.6. The number of nitrogens with one attached hydrogen (secondary N) is 1. The van der Waals surface area contributed by atoms with E-state index in [2.05, 4.69) is 5.32 Å². The number of amides is 2. The van der Waals surface area contributed by atoms with E-state index in [1.807, 2.05) is 52.0 Å². The minimum Gasteiger partial charge on any atom is -0.495 e. The molecule has 0 spiro atoms. The first kappa shape index (κ1) is 30.2. The highest BCUT2D eigenvalue weighted by Gasteiger charge is 2.29. The largest absolute Gasteiger partial charge is 0.495 e. The van der Waals surface area contributed by atoms with Crippen molar-refractivity contribution in [1.29, 1.82) is 0 Å². The number of sulfonamides is 1. The molecule has 204 valence electrons. The summed E-state index contributed by atoms with van der Waals surface area (Å²) in [5, 5.41) is 2.96. The lowest BCUT2D eigenvalue weighted by atomic mass is 10.1. The normalized spacial score (nSPS) is 12.2. The average molecular weight is 532 g/mol. The van der Waals surface area contributed by atoms with Gasteiger partial charge in [-0.05, 0) is 43.4 Å². The summed E-state index contributed by atoms with van der Waals surface area (Å²) in [7, 11) is -2.12. The van der Waals surface area contributed by atoms with Crippen molar-refractivity contribution in [2.75, 3.05) is 30.8 Å². The summed E-state index contributed by atoms with van der Waals surface area (Å²) in [4.78, 5) is 28.2. The molecule has 2 amide bonds. The second-order valence-electron chi connectivity index (χ2n) is 9.68. The molecule has 0 fully saturated rings. The summed E-state index contributed by atoms with van der Waals surface area (Å²) in [6.07, 6.45) is 1.99. The lowest BCUT2D eigenvalue weighted by Gasteiger charge is -2.31. The van der Waals surface area contributed by atoms with Gasteiger partial charge in [-0.15, -0.1) is 0 Å². The number of nitrogens with zero attached hydrogens (tertiary/aromatic N) is 2. The maximum atomic E-state index is 13.5. The molecule has 0 saturated heterocycles. The third kappa shape index (κ3) is 9.07. The number of benzene rings is 2. The number of methoxy groups -OCH3 is 1. The number of para-hydroxylation sites is 2. The molecule has 0 saturated carbocycles. The van der Waals surface area contributed by atoms with Gasteiger partial charge in [-0.3, -0.25) is 13.9 Å². The van der Waals surface area contributed by atoms with Gasteiger partial charge in [-0.2, -0.15) is 0 Å². The van der Waals surface area contributed by atoms with Crippen molar-refractivity contribution in [3.8, 4) is 5.75 Å². The van der Waals surface area contributed by atoms with E-state index >= 15 is 0 Å². The van der Waals surface area contributed by atoms with Crippen LogP contribution in [0, 0.1) is 12.8 Å². The molecule has 9 heteroatoms. The molecule has 0 aliphatic heterocycles. The minimum absolute atomic E-state index is 0.0982. The minimum atomic E-state index is -3.61. The number of hydrogen-bond acceptors (Lipinski definition) is 5. The van der Waals surface area contributed by atoms with Gasteiger partial charge >= 0.3 is 0 Å². The Kier molecular flexibility index (Phi) is 11.4. The van der Waals surface area contributed by atoms with Crippen LogP contribution in [0.1, 0.15) is 51.2 Å². The summed E-state index contributed by atoms with van der Waals surface area (Å²) >= 11 is 0. The first-order valence-corrected chi connectivity index (χ1v) is 14.6. The first-order valence-electron chi connectivity index (χ1n) is 12.7. The van der Waals surface area contributed by atoms with Gasteiger partial charge < -0.3 is 15.0 Å². The molecule has 0 radical (unpaired) electrons. The molecular weight excluding hydrogens is 490 g/mol. The van der Waals surface area contributed by atoms with Crippen molar-refractivity contribution in [3.05, 3.63) is 59.7 Å². The summed E-state index contributed by atoms with van der Waals surface area (Å²) in [5.41, 5.74) is 2.47. The topological polar surface area (TPSA) is 96.0 Å². The van der Waals surface area contributed by atoms with E-state index in [0.717, 1.165) is 17.4 Å². The standard InChI is InChI=1S/C28H41N3O5S/c1-7-24(28(33)29-19-21(2)3)30(20-23-16-14-22(4)15-17-23)27(32)13-10-18-31(37(6,34)35)25-11-8-9-12-26(25)36-5/h8-9,11-12,14-17,21,24H,7,10,13,18-20H2,1-6H3,(H,29,33)/t24-/m1/s1. The molecular formula is C28H41N3O5S. The number of carbonyl (C=O) groups is 2. The zero-order valence-corrected chi connectivity index (χ0v) is 23.7. The van der Waals surface area contributed by atoms with E-state index in [9.17, 15) is 18.0 Å². The van der Waals surface area contributed by atoms with Crippen LogP contribution in [-0.2, 0) is 26.2 Å². The Morgan fingerprint density at radius 2 is 1.70 bits per heavy atom. The Labute approximate surface area is 222 Å². The zero-order chi connectivity index (χ0) is 27.6. The van der Waals surface area contributed by atoms with Crippen molar-refractivity contribution in [3.63, 3.8) is 0 Å². The van der Waals surface area contributed by atoms with Crippen molar-refractivity contribution in [2.45, 2.75) is 59.5 Å². The lowest BCUT2D eigenvalue weighted by molar-refractivity contribution is -0.141. The number of anilines is 1. The van der Waals surface area contributed by atoms with Crippen LogP contribution in [-0.4, -0.2) is 57.6 Å². The predicted molar refractivity (Wildman–Crippen MR) is 148 cm³/mol. The van der Waals surface area contributed by atoms with Crippen LogP contribution in [0.3, 0.4) is 0 Å². The highest BCUT2D eigenvalue weighted by Crippen LogP contribution is 2.29. The smallest absolute Gasteiger partial charge is 0.242 e. The predicted octanol–water partition coefficient (Wildman–Crippen LogP) is 4.13. The van der Waals surface area contributed by atoms with Crippen LogP contribution < -0.4 is 14.4 Å². The van der Waals surface area contributed by atoms with Crippen molar-refractivity contribution in [2.24, 2.45) is 5.92 Å². The SMILES string of the molecule is CC[C@H](C(=O)NCC(C)C)N(Cc1ccc(C)cc1)C(=O)CCCN(c1ccccc1OC)S(C)(=O)=O. The van der Waals surface area contributed by atoms with E-state index in [-0.39, 0.29) is 24.8 Å². The van der Waals surface area contributed by atoms with Crippen LogP contribution in [0.25, 0.3) is 0 Å². The van der Waals surface area contributed by atoms with Crippen LogP contribution in [0.15, 0.2) is 48.5 Å². The van der Waals surface area contributed by atoms with Gasteiger partial charge in [0.15, 0.2) is 0 Å². The molecule has 0 aliphatic rings. The third-order valence-electron chi connectivity index (χ3n) is 6.05. The van der Waals surface area contributed by atoms with Crippen molar-refractivity contribution < 1.29 is 22.7 Å². The number of aryl methyl sites for hydroxylation is 1. The van der Waals surface area contributed by atoms with E-state index in [1.54, 1.807) is 29.2 Å². The van der Waals surface area contributed by atoms with E-state index in [4.69, 9.17) is 4.74 Å². The Hall–Kier alpha value is -3.07. The van der Waals surface area contributed by atoms with Gasteiger partial charge in [0.1, 0.15) is 11.8 Å². The molecule has 2 aromatic rings. The molecule has 0 aliphatic carbocycles. The van der Waals surface area contributed by atoms with Crippen LogP contribution in [0.4, 0.5) is 5.69 Å². The summed E-state index contributed by atoms with van der Waals surface area (Å²) in [6.45, 7) is 8.87. The second kappa shape index (κ2) is 14.0. The van der Waals surface area contributed by atoms with Crippen LogP contribution in [0.2, 0.25) is 0 Å². The van der Waals surface area contributed by atoms with Gasteiger partial charge in [-0.1, -0.05) is 62.7 Å². The van der Waals surface area contributed by atoms with Gasteiger partial charge in [0.25, 0.3) is 0 Å². The number of hydrogen-bond donors (Lipinski definition) is 1.